The first-order chi connectivity index (χ1) is 7.70. The fourth-order valence-electron chi connectivity index (χ4n) is 3.55. The van der Waals surface area contributed by atoms with Crippen molar-refractivity contribution >= 4 is 0 Å². The second-order valence-electron chi connectivity index (χ2n) is 6.12. The van der Waals surface area contributed by atoms with E-state index in [0.717, 1.165) is 18.4 Å². The number of rotatable bonds is 3. The van der Waals surface area contributed by atoms with Gasteiger partial charge in [-0.1, -0.05) is 20.3 Å². The highest BCUT2D eigenvalue weighted by Crippen LogP contribution is 2.38. The van der Waals surface area contributed by atoms with Crippen molar-refractivity contribution in [3.63, 3.8) is 0 Å². The standard InChI is InChI=1S/C14H28N2/c1-3-13-6-9-16(10-13)14(11-15)7-4-12(2)5-8-14/h12-13H,3-11,15H2,1-2H3. The Morgan fingerprint density at radius 3 is 2.44 bits per heavy atom. The molecule has 16 heavy (non-hydrogen) atoms. The summed E-state index contributed by atoms with van der Waals surface area (Å²) in [5.41, 5.74) is 6.48. The van der Waals surface area contributed by atoms with Gasteiger partial charge in [0.15, 0.2) is 0 Å². The fourth-order valence-corrected chi connectivity index (χ4v) is 3.55. The van der Waals surface area contributed by atoms with E-state index >= 15 is 0 Å². The van der Waals surface area contributed by atoms with Crippen LogP contribution in [-0.2, 0) is 0 Å². The van der Waals surface area contributed by atoms with Gasteiger partial charge in [-0.25, -0.2) is 0 Å². The second kappa shape index (κ2) is 5.05. The Bertz CT molecular complexity index is 219. The van der Waals surface area contributed by atoms with Crippen LogP contribution in [0.1, 0.15) is 52.4 Å². The van der Waals surface area contributed by atoms with Crippen molar-refractivity contribution in [1.29, 1.82) is 0 Å². The van der Waals surface area contributed by atoms with Gasteiger partial charge in [0, 0.05) is 18.6 Å². The SMILES string of the molecule is CCC1CCN(C2(CN)CCC(C)CC2)C1. The van der Waals surface area contributed by atoms with Gasteiger partial charge in [-0.2, -0.15) is 0 Å². The molecule has 2 heteroatoms. The molecule has 0 aromatic carbocycles. The normalized spacial score (nSPS) is 41.4. The van der Waals surface area contributed by atoms with E-state index in [4.69, 9.17) is 5.73 Å². The van der Waals surface area contributed by atoms with Crippen molar-refractivity contribution in [2.75, 3.05) is 19.6 Å². The molecule has 0 bridgehead atoms. The zero-order valence-electron chi connectivity index (χ0n) is 11.0. The summed E-state index contributed by atoms with van der Waals surface area (Å²) in [6.45, 7) is 8.19. The summed E-state index contributed by atoms with van der Waals surface area (Å²) in [7, 11) is 0. The van der Waals surface area contributed by atoms with Crippen LogP contribution in [0.2, 0.25) is 0 Å². The quantitative estimate of drug-likeness (QED) is 0.798. The molecule has 2 nitrogen and oxygen atoms in total. The highest BCUT2D eigenvalue weighted by atomic mass is 15.2. The van der Waals surface area contributed by atoms with E-state index in [1.54, 1.807) is 0 Å². The van der Waals surface area contributed by atoms with Gasteiger partial charge in [-0.15, -0.1) is 0 Å². The van der Waals surface area contributed by atoms with Crippen LogP contribution in [0.5, 0.6) is 0 Å². The summed E-state index contributed by atoms with van der Waals surface area (Å²) < 4.78 is 0. The topological polar surface area (TPSA) is 29.3 Å². The Hall–Kier alpha value is -0.0800. The minimum atomic E-state index is 0.371. The highest BCUT2D eigenvalue weighted by Gasteiger charge is 2.41. The largest absolute Gasteiger partial charge is 0.329 e. The Balaban J connectivity index is 1.99. The van der Waals surface area contributed by atoms with E-state index in [1.165, 1.54) is 51.6 Å². The smallest absolute Gasteiger partial charge is 0.0332 e. The first kappa shape index (κ1) is 12.4. The molecule has 2 fully saturated rings. The second-order valence-corrected chi connectivity index (χ2v) is 6.12. The lowest BCUT2D eigenvalue weighted by Gasteiger charge is -2.45. The van der Waals surface area contributed by atoms with Crippen LogP contribution < -0.4 is 5.73 Å². The molecule has 2 rings (SSSR count). The van der Waals surface area contributed by atoms with E-state index in [9.17, 15) is 0 Å². The van der Waals surface area contributed by atoms with Crippen molar-refractivity contribution in [3.05, 3.63) is 0 Å². The predicted molar refractivity (Wildman–Crippen MR) is 69.4 cm³/mol. The lowest BCUT2D eigenvalue weighted by Crippen LogP contribution is -2.54. The fraction of sp³-hybridized carbons (Fsp3) is 1.00. The van der Waals surface area contributed by atoms with Crippen LogP contribution in [-0.4, -0.2) is 30.1 Å². The van der Waals surface area contributed by atoms with E-state index in [2.05, 4.69) is 18.7 Å². The monoisotopic (exact) mass is 224 g/mol. The minimum Gasteiger partial charge on any atom is -0.329 e. The van der Waals surface area contributed by atoms with Crippen molar-refractivity contribution in [2.24, 2.45) is 17.6 Å². The first-order valence-corrected chi connectivity index (χ1v) is 7.15. The molecule has 0 radical (unpaired) electrons. The summed E-state index contributed by atoms with van der Waals surface area (Å²) in [4.78, 5) is 2.73. The minimum absolute atomic E-state index is 0.371. The molecule has 1 heterocycles. The van der Waals surface area contributed by atoms with Crippen LogP contribution in [0.25, 0.3) is 0 Å². The number of likely N-dealkylation sites (tertiary alicyclic amines) is 1. The first-order valence-electron chi connectivity index (χ1n) is 7.15. The lowest BCUT2D eigenvalue weighted by atomic mass is 9.76. The summed E-state index contributed by atoms with van der Waals surface area (Å²) in [6, 6.07) is 0. The van der Waals surface area contributed by atoms with Crippen LogP contribution in [0, 0.1) is 11.8 Å². The average Bonchev–Trinajstić information content (AvgIpc) is 2.80. The molecule has 94 valence electrons. The van der Waals surface area contributed by atoms with Crippen molar-refractivity contribution in [2.45, 2.75) is 57.9 Å². The van der Waals surface area contributed by atoms with Crippen LogP contribution >= 0.6 is 0 Å². The third-order valence-electron chi connectivity index (χ3n) is 5.12. The zero-order valence-corrected chi connectivity index (χ0v) is 11.0. The molecule has 0 spiro atoms. The summed E-state index contributed by atoms with van der Waals surface area (Å²) in [5.74, 6) is 1.85. The molecule has 2 N–H and O–H groups in total. The zero-order chi connectivity index (χ0) is 11.6. The average molecular weight is 224 g/mol. The third-order valence-corrected chi connectivity index (χ3v) is 5.12. The molecule has 1 saturated carbocycles. The third kappa shape index (κ3) is 2.28. The van der Waals surface area contributed by atoms with Crippen molar-refractivity contribution in [1.82, 2.24) is 4.90 Å². The van der Waals surface area contributed by atoms with Gasteiger partial charge in [0.05, 0.1) is 0 Å². The van der Waals surface area contributed by atoms with Crippen LogP contribution in [0.3, 0.4) is 0 Å². The maximum absolute atomic E-state index is 6.11. The van der Waals surface area contributed by atoms with E-state index < -0.39 is 0 Å². The van der Waals surface area contributed by atoms with E-state index in [-0.39, 0.29) is 0 Å². The molecule has 1 unspecified atom stereocenters. The van der Waals surface area contributed by atoms with E-state index in [1.807, 2.05) is 0 Å². The van der Waals surface area contributed by atoms with Crippen molar-refractivity contribution in [3.8, 4) is 0 Å². The van der Waals surface area contributed by atoms with Gasteiger partial charge in [-0.3, -0.25) is 4.90 Å². The molecule has 2 aliphatic rings. The Kier molecular flexibility index (Phi) is 3.91. The number of hydrogen-bond acceptors (Lipinski definition) is 2. The molecule has 1 saturated heterocycles. The van der Waals surface area contributed by atoms with Crippen LogP contribution in [0.15, 0.2) is 0 Å². The number of hydrogen-bond donors (Lipinski definition) is 1. The maximum Gasteiger partial charge on any atom is 0.0332 e. The van der Waals surface area contributed by atoms with Gasteiger partial charge >= 0.3 is 0 Å². The predicted octanol–water partition coefficient (Wildman–Crippen LogP) is 2.63. The molecule has 1 aliphatic heterocycles. The lowest BCUT2D eigenvalue weighted by molar-refractivity contribution is 0.0625. The summed E-state index contributed by atoms with van der Waals surface area (Å²) in [6.07, 6.45) is 8.17. The Morgan fingerprint density at radius 1 is 1.25 bits per heavy atom. The molecular formula is C14H28N2. The van der Waals surface area contributed by atoms with Gasteiger partial charge in [0.2, 0.25) is 0 Å². The maximum atomic E-state index is 6.11. The molecule has 1 atom stereocenters. The van der Waals surface area contributed by atoms with E-state index in [0.29, 0.717) is 5.54 Å². The number of nitrogens with two attached hydrogens (primary N) is 1. The molecule has 0 amide bonds. The van der Waals surface area contributed by atoms with Gasteiger partial charge in [0.25, 0.3) is 0 Å². The van der Waals surface area contributed by atoms with Gasteiger partial charge in [-0.05, 0) is 50.5 Å². The summed E-state index contributed by atoms with van der Waals surface area (Å²) >= 11 is 0. The molecule has 0 aromatic heterocycles. The van der Waals surface area contributed by atoms with Gasteiger partial charge in [0.1, 0.15) is 0 Å². The molecular weight excluding hydrogens is 196 g/mol. The van der Waals surface area contributed by atoms with Gasteiger partial charge < -0.3 is 5.73 Å². The highest BCUT2D eigenvalue weighted by molar-refractivity contribution is 4.98. The molecule has 0 aromatic rings. The van der Waals surface area contributed by atoms with Crippen molar-refractivity contribution < 1.29 is 0 Å². The Labute approximate surface area is 101 Å². The Morgan fingerprint density at radius 2 is 1.94 bits per heavy atom. The van der Waals surface area contributed by atoms with Crippen LogP contribution in [0.4, 0.5) is 0 Å². The summed E-state index contributed by atoms with van der Waals surface area (Å²) in [5, 5.41) is 0. The number of nitrogens with zero attached hydrogens (tertiary/aromatic N) is 1. The molecule has 1 aliphatic carbocycles.